The number of aliphatic hydroxyl groups excluding tert-OH is 1. The number of hydrogen-bond acceptors (Lipinski definition) is 7. The molecular formula is C23H23F2N5O4. The number of hydrogen-bond donors (Lipinski definition) is 2. The van der Waals surface area contributed by atoms with Crippen molar-refractivity contribution in [2.75, 3.05) is 24.6 Å². The van der Waals surface area contributed by atoms with Crippen molar-refractivity contribution in [1.29, 1.82) is 0 Å². The summed E-state index contributed by atoms with van der Waals surface area (Å²) in [6, 6.07) is 4.29. The number of amides is 3. The van der Waals surface area contributed by atoms with Crippen molar-refractivity contribution in [3.8, 4) is 17.0 Å². The second-order valence-corrected chi connectivity index (χ2v) is 9.57. The predicted octanol–water partition coefficient (Wildman–Crippen LogP) is 1.91. The number of halogens is 2. The first-order valence-electron chi connectivity index (χ1n) is 11.3. The van der Waals surface area contributed by atoms with Crippen LogP contribution in [0.25, 0.3) is 11.3 Å². The number of fused-ring (bicyclic) bond motifs is 3. The van der Waals surface area contributed by atoms with Gasteiger partial charge in [-0.3, -0.25) is 9.69 Å². The van der Waals surface area contributed by atoms with Gasteiger partial charge < -0.3 is 20.1 Å². The largest absolute Gasteiger partial charge is 0.490 e. The number of carbonyl (C=O) groups is 2. The highest BCUT2D eigenvalue weighted by atomic mass is 19.3. The third-order valence-corrected chi connectivity index (χ3v) is 6.97. The number of ether oxygens (including phenoxy) is 1. The summed E-state index contributed by atoms with van der Waals surface area (Å²) in [6.07, 6.45) is -0.734. The summed E-state index contributed by atoms with van der Waals surface area (Å²) in [5.74, 6) is -2.87. The topological polar surface area (TPSA) is 108 Å². The van der Waals surface area contributed by atoms with Crippen LogP contribution in [0.2, 0.25) is 0 Å². The Hall–Kier alpha value is -3.34. The molecule has 1 aromatic heterocycles. The number of carbonyl (C=O) groups excluding carboxylic acids is 2. The van der Waals surface area contributed by atoms with Crippen molar-refractivity contribution in [3.63, 3.8) is 0 Å². The second-order valence-electron chi connectivity index (χ2n) is 9.57. The van der Waals surface area contributed by atoms with Crippen LogP contribution < -0.4 is 15.0 Å². The number of benzene rings is 1. The minimum absolute atomic E-state index is 0.0452. The number of β-amino-alcohol motifs (C(OH)–C–C–N with tert-alkyl or cyclic N) is 1. The van der Waals surface area contributed by atoms with Gasteiger partial charge in [0.15, 0.2) is 5.54 Å². The number of nitrogens with zero attached hydrogens (tertiary/aromatic N) is 4. The fourth-order valence-electron chi connectivity index (χ4n) is 5.16. The van der Waals surface area contributed by atoms with E-state index in [-0.39, 0.29) is 56.1 Å². The predicted molar refractivity (Wildman–Crippen MR) is 116 cm³/mol. The van der Waals surface area contributed by atoms with Crippen LogP contribution in [-0.4, -0.2) is 63.8 Å². The minimum Gasteiger partial charge on any atom is -0.490 e. The zero-order valence-corrected chi connectivity index (χ0v) is 18.6. The zero-order valence-electron chi connectivity index (χ0n) is 18.6. The summed E-state index contributed by atoms with van der Waals surface area (Å²) in [6.45, 7) is 4.05. The van der Waals surface area contributed by atoms with E-state index >= 15 is 0 Å². The van der Waals surface area contributed by atoms with Crippen LogP contribution in [0, 0.1) is 0 Å². The molecule has 4 aliphatic rings. The Morgan fingerprint density at radius 2 is 2.00 bits per heavy atom. The Labute approximate surface area is 193 Å². The minimum atomic E-state index is -3.05. The Balaban J connectivity index is 1.43. The first kappa shape index (κ1) is 21.2. The molecule has 0 radical (unpaired) electrons. The normalized spacial score (nSPS) is 25.0. The van der Waals surface area contributed by atoms with Gasteiger partial charge in [-0.1, -0.05) is 12.1 Å². The van der Waals surface area contributed by atoms with E-state index in [0.29, 0.717) is 28.1 Å². The summed E-state index contributed by atoms with van der Waals surface area (Å²) >= 11 is 0. The maximum atomic E-state index is 14.6. The van der Waals surface area contributed by atoms with E-state index in [0.717, 1.165) is 0 Å². The molecule has 1 atom stereocenters. The van der Waals surface area contributed by atoms with Crippen LogP contribution in [0.1, 0.15) is 37.1 Å². The first-order valence-corrected chi connectivity index (χ1v) is 11.3. The summed E-state index contributed by atoms with van der Waals surface area (Å²) in [5.41, 5.74) is 0.286. The molecule has 178 valence electrons. The lowest BCUT2D eigenvalue weighted by Gasteiger charge is -2.36. The SMILES string of the molecule is CC(C)N1C(=O)NC2(COc3cc(-c4nc(N5CC(O)C5)nc5c4CCC5(F)F)ccc32)C1=O. The highest BCUT2D eigenvalue weighted by Crippen LogP contribution is 2.47. The smallest absolute Gasteiger partial charge is 0.325 e. The molecular weight excluding hydrogens is 448 g/mol. The molecule has 2 aromatic rings. The van der Waals surface area contributed by atoms with Crippen molar-refractivity contribution < 1.29 is 28.2 Å². The zero-order chi connectivity index (χ0) is 24.0. The van der Waals surface area contributed by atoms with Gasteiger partial charge in [0.25, 0.3) is 11.8 Å². The molecule has 3 amide bonds. The molecule has 1 aliphatic carbocycles. The summed E-state index contributed by atoms with van der Waals surface area (Å²) in [5, 5.41) is 12.4. The lowest BCUT2D eigenvalue weighted by molar-refractivity contribution is -0.133. The molecule has 1 unspecified atom stereocenters. The van der Waals surface area contributed by atoms with Crippen LogP contribution in [0.15, 0.2) is 18.2 Å². The lowest BCUT2D eigenvalue weighted by atomic mass is 9.90. The van der Waals surface area contributed by atoms with Gasteiger partial charge in [0.05, 0.1) is 11.8 Å². The number of aliphatic hydroxyl groups is 1. The van der Waals surface area contributed by atoms with Gasteiger partial charge in [-0.25, -0.2) is 14.8 Å². The monoisotopic (exact) mass is 471 g/mol. The number of alkyl halides is 2. The third-order valence-electron chi connectivity index (χ3n) is 6.97. The first-order chi connectivity index (χ1) is 16.1. The average Bonchev–Trinajstić information content (AvgIpc) is 3.37. The van der Waals surface area contributed by atoms with Gasteiger partial charge in [0.2, 0.25) is 5.95 Å². The number of nitrogens with one attached hydrogen (secondary N) is 1. The molecule has 0 saturated carbocycles. The molecule has 11 heteroatoms. The molecule has 2 fully saturated rings. The van der Waals surface area contributed by atoms with Crippen LogP contribution >= 0.6 is 0 Å². The van der Waals surface area contributed by atoms with Gasteiger partial charge >= 0.3 is 6.03 Å². The van der Waals surface area contributed by atoms with Crippen molar-refractivity contribution in [3.05, 3.63) is 35.0 Å². The van der Waals surface area contributed by atoms with Crippen LogP contribution in [-0.2, 0) is 22.7 Å². The van der Waals surface area contributed by atoms with E-state index in [1.54, 1.807) is 36.9 Å². The highest BCUT2D eigenvalue weighted by Gasteiger charge is 2.57. The van der Waals surface area contributed by atoms with Crippen molar-refractivity contribution in [1.82, 2.24) is 20.2 Å². The Morgan fingerprint density at radius 1 is 1.24 bits per heavy atom. The lowest BCUT2D eigenvalue weighted by Crippen LogP contribution is -2.51. The van der Waals surface area contributed by atoms with E-state index in [1.165, 1.54) is 4.90 Å². The van der Waals surface area contributed by atoms with Gasteiger partial charge in [-0.15, -0.1) is 0 Å². The quantitative estimate of drug-likeness (QED) is 0.659. The number of aromatic nitrogens is 2. The van der Waals surface area contributed by atoms with Gasteiger partial charge in [0.1, 0.15) is 18.1 Å². The van der Waals surface area contributed by atoms with Crippen molar-refractivity contribution >= 4 is 17.9 Å². The molecule has 3 aliphatic heterocycles. The van der Waals surface area contributed by atoms with E-state index in [4.69, 9.17) is 4.74 Å². The van der Waals surface area contributed by atoms with E-state index in [9.17, 15) is 23.5 Å². The fraction of sp³-hybridized carbons (Fsp3) is 0.478. The van der Waals surface area contributed by atoms with E-state index in [2.05, 4.69) is 15.3 Å². The molecule has 4 heterocycles. The molecule has 34 heavy (non-hydrogen) atoms. The standard InChI is InChI=1S/C23H23F2N5O4/c1-11(2)30-19(32)22(28-21(30)33)10-34-16-7-12(3-4-15(16)22)17-14-5-6-23(24,25)18(14)27-20(26-17)29-8-13(31)9-29/h3-4,7,11,13,31H,5-6,8-10H2,1-2H3,(H,28,33). The molecule has 2 N–H and O–H groups in total. The second kappa shape index (κ2) is 6.84. The van der Waals surface area contributed by atoms with E-state index < -0.39 is 23.6 Å². The Kier molecular flexibility index (Phi) is 4.27. The van der Waals surface area contributed by atoms with E-state index in [1.807, 2.05) is 0 Å². The molecule has 9 nitrogen and oxygen atoms in total. The Morgan fingerprint density at radius 3 is 2.68 bits per heavy atom. The average molecular weight is 471 g/mol. The maximum absolute atomic E-state index is 14.6. The summed E-state index contributed by atoms with van der Waals surface area (Å²) in [7, 11) is 0. The maximum Gasteiger partial charge on any atom is 0.325 e. The Bertz CT molecular complexity index is 1250. The number of anilines is 1. The number of rotatable bonds is 3. The van der Waals surface area contributed by atoms with Crippen LogP contribution in [0.5, 0.6) is 5.75 Å². The molecule has 0 bridgehead atoms. The van der Waals surface area contributed by atoms with Gasteiger partial charge in [0, 0.05) is 42.2 Å². The van der Waals surface area contributed by atoms with Gasteiger partial charge in [-0.2, -0.15) is 8.78 Å². The number of imide groups is 1. The molecule has 1 spiro atoms. The molecule has 2 saturated heterocycles. The third kappa shape index (κ3) is 2.79. The summed E-state index contributed by atoms with van der Waals surface area (Å²) < 4.78 is 35.1. The van der Waals surface area contributed by atoms with Crippen molar-refractivity contribution in [2.45, 2.75) is 50.3 Å². The van der Waals surface area contributed by atoms with Crippen LogP contribution in [0.3, 0.4) is 0 Å². The van der Waals surface area contributed by atoms with Crippen molar-refractivity contribution in [2.24, 2.45) is 0 Å². The van der Waals surface area contributed by atoms with Crippen LogP contribution in [0.4, 0.5) is 19.5 Å². The highest BCUT2D eigenvalue weighted by molar-refractivity contribution is 6.08. The fourth-order valence-corrected chi connectivity index (χ4v) is 5.16. The molecule has 1 aromatic carbocycles. The van der Waals surface area contributed by atoms with Gasteiger partial charge in [-0.05, 0) is 26.3 Å². The summed E-state index contributed by atoms with van der Waals surface area (Å²) in [4.78, 5) is 37.2. The number of urea groups is 1. The molecule has 6 rings (SSSR count).